The van der Waals surface area contributed by atoms with Crippen LogP contribution in [0.2, 0.25) is 0 Å². The van der Waals surface area contributed by atoms with Crippen molar-refractivity contribution >= 4 is 17.2 Å². The number of benzene rings is 1. The fraction of sp³-hybridized carbons (Fsp3) is 0.379. The lowest BCUT2D eigenvalue weighted by Gasteiger charge is -2.29. The first kappa shape index (κ1) is 28.2. The van der Waals surface area contributed by atoms with E-state index in [1.54, 1.807) is 6.07 Å². The number of carbonyl (C=O) groups excluding carboxylic acids is 1. The number of allylic oxidation sites excluding steroid dienone is 4. The van der Waals surface area contributed by atoms with Crippen LogP contribution in [0, 0.1) is 6.92 Å². The summed E-state index contributed by atoms with van der Waals surface area (Å²) in [5.74, 6) is -0.652. The van der Waals surface area contributed by atoms with Crippen LogP contribution >= 0.6 is 0 Å². The summed E-state index contributed by atoms with van der Waals surface area (Å²) in [7, 11) is 0. The van der Waals surface area contributed by atoms with Crippen LogP contribution in [0.3, 0.4) is 0 Å². The molecule has 0 radical (unpaired) electrons. The average molecular weight is 514 g/mol. The van der Waals surface area contributed by atoms with E-state index in [-0.39, 0.29) is 12.2 Å². The van der Waals surface area contributed by atoms with Crippen LogP contribution in [-0.4, -0.2) is 40.6 Å². The van der Waals surface area contributed by atoms with E-state index in [9.17, 15) is 23.1 Å². The Hall–Kier alpha value is -3.39. The van der Waals surface area contributed by atoms with Gasteiger partial charge in [0.25, 0.3) is 5.91 Å². The highest BCUT2D eigenvalue weighted by Crippen LogP contribution is 2.30. The summed E-state index contributed by atoms with van der Waals surface area (Å²) in [6.45, 7) is 10.1. The Balaban J connectivity index is 1.93. The molecule has 8 heteroatoms. The highest BCUT2D eigenvalue weighted by molar-refractivity contribution is 6.04. The Morgan fingerprint density at radius 1 is 1.19 bits per heavy atom. The predicted molar refractivity (Wildman–Crippen MR) is 141 cm³/mol. The molecule has 1 aliphatic heterocycles. The third kappa shape index (κ3) is 8.05. The third-order valence-electron chi connectivity index (χ3n) is 6.32. The highest BCUT2D eigenvalue weighted by Gasteiger charge is 2.31. The number of carbonyl (C=O) groups is 1. The summed E-state index contributed by atoms with van der Waals surface area (Å²) in [4.78, 5) is 19.5. The number of hydrogen-bond donors (Lipinski definition) is 2. The van der Waals surface area contributed by atoms with Gasteiger partial charge in [0.05, 0.1) is 17.4 Å². The van der Waals surface area contributed by atoms with Crippen molar-refractivity contribution in [1.82, 2.24) is 9.88 Å². The van der Waals surface area contributed by atoms with Crippen LogP contribution in [0.15, 0.2) is 66.5 Å². The smallest absolute Gasteiger partial charge is 0.396 e. The number of anilines is 1. The number of pyridine rings is 1. The summed E-state index contributed by atoms with van der Waals surface area (Å²) in [5, 5.41) is 11.9. The Morgan fingerprint density at radius 3 is 2.59 bits per heavy atom. The normalized spacial score (nSPS) is 15.0. The SMILES string of the molecule is C=C(/C=C(\C=C(/C)CCCO)c1cc(NC(=O)c2cccc(C(F)(F)F)c2)cnc1C)N1CCCCC1. The van der Waals surface area contributed by atoms with E-state index in [1.807, 2.05) is 26.0 Å². The molecule has 0 saturated carbocycles. The first-order valence-electron chi connectivity index (χ1n) is 12.5. The molecule has 2 N–H and O–H groups in total. The molecule has 37 heavy (non-hydrogen) atoms. The minimum atomic E-state index is -4.54. The number of aromatic nitrogens is 1. The molecule has 0 aliphatic carbocycles. The fourth-order valence-corrected chi connectivity index (χ4v) is 4.28. The number of aliphatic hydroxyl groups excluding tert-OH is 1. The Morgan fingerprint density at radius 2 is 1.92 bits per heavy atom. The minimum absolute atomic E-state index is 0.0917. The van der Waals surface area contributed by atoms with E-state index in [1.165, 1.54) is 24.8 Å². The lowest BCUT2D eigenvalue weighted by atomic mass is 9.98. The van der Waals surface area contributed by atoms with Gasteiger partial charge < -0.3 is 15.3 Å². The summed E-state index contributed by atoms with van der Waals surface area (Å²) in [6, 6.07) is 6.09. The zero-order valence-electron chi connectivity index (χ0n) is 21.4. The maximum Gasteiger partial charge on any atom is 0.416 e. The molecule has 0 atom stereocenters. The van der Waals surface area contributed by atoms with Gasteiger partial charge in [-0.3, -0.25) is 9.78 Å². The first-order valence-corrected chi connectivity index (χ1v) is 12.5. The average Bonchev–Trinajstić information content (AvgIpc) is 2.88. The van der Waals surface area contributed by atoms with Crippen molar-refractivity contribution < 1.29 is 23.1 Å². The second-order valence-electron chi connectivity index (χ2n) is 9.35. The van der Waals surface area contributed by atoms with Crippen LogP contribution in [0.1, 0.15) is 66.2 Å². The van der Waals surface area contributed by atoms with E-state index in [4.69, 9.17) is 0 Å². The minimum Gasteiger partial charge on any atom is -0.396 e. The zero-order valence-corrected chi connectivity index (χ0v) is 21.4. The Labute approximate surface area is 216 Å². The second-order valence-corrected chi connectivity index (χ2v) is 9.35. The van der Waals surface area contributed by atoms with Gasteiger partial charge in [-0.1, -0.05) is 24.3 Å². The maximum absolute atomic E-state index is 13.1. The van der Waals surface area contributed by atoms with Crippen LogP contribution in [0.4, 0.5) is 18.9 Å². The van der Waals surface area contributed by atoms with Gasteiger partial charge >= 0.3 is 6.18 Å². The quantitative estimate of drug-likeness (QED) is 0.364. The molecule has 0 spiro atoms. The van der Waals surface area contributed by atoms with Crippen LogP contribution in [0.25, 0.3) is 5.57 Å². The van der Waals surface area contributed by atoms with E-state index in [2.05, 4.69) is 21.8 Å². The van der Waals surface area contributed by atoms with Crippen molar-refractivity contribution in [3.63, 3.8) is 0 Å². The van der Waals surface area contributed by atoms with E-state index < -0.39 is 17.6 Å². The van der Waals surface area contributed by atoms with Gasteiger partial charge in [0.2, 0.25) is 0 Å². The lowest BCUT2D eigenvalue weighted by Crippen LogP contribution is -2.27. The standard InChI is InChI=1S/C29H34F3N3O2/c1-20(9-8-14-36)15-24(16-21(2)35-12-5-4-6-13-35)27-18-26(19-33-22(27)3)34-28(37)23-10-7-11-25(17-23)29(30,31)32/h7,10-11,15-19,36H,2,4-6,8-9,12-14H2,1,3H3,(H,34,37)/b20-15+,24-16+. The largest absolute Gasteiger partial charge is 0.416 e. The van der Waals surface area contributed by atoms with Gasteiger partial charge in [0, 0.05) is 42.2 Å². The van der Waals surface area contributed by atoms with Gasteiger partial charge in [-0.2, -0.15) is 13.2 Å². The van der Waals surface area contributed by atoms with Crippen molar-refractivity contribution in [2.45, 2.75) is 52.1 Å². The molecule has 1 aliphatic rings. The van der Waals surface area contributed by atoms with Crippen molar-refractivity contribution in [3.8, 4) is 0 Å². The number of likely N-dealkylation sites (tertiary alicyclic amines) is 1. The van der Waals surface area contributed by atoms with Crippen molar-refractivity contribution in [2.75, 3.05) is 25.0 Å². The molecule has 0 bridgehead atoms. The molecule has 1 fully saturated rings. The van der Waals surface area contributed by atoms with Crippen molar-refractivity contribution in [1.29, 1.82) is 0 Å². The van der Waals surface area contributed by atoms with Gasteiger partial charge in [-0.15, -0.1) is 0 Å². The molecular formula is C29H34F3N3O2. The number of alkyl halides is 3. The van der Waals surface area contributed by atoms with Crippen molar-refractivity contribution in [3.05, 3.63) is 88.9 Å². The molecule has 2 heterocycles. The van der Waals surface area contributed by atoms with Crippen LogP contribution in [-0.2, 0) is 6.18 Å². The van der Waals surface area contributed by atoms with Crippen molar-refractivity contribution in [2.24, 2.45) is 0 Å². The second kappa shape index (κ2) is 12.7. The molecule has 3 rings (SSSR count). The molecule has 1 amide bonds. The molecule has 1 aromatic carbocycles. The molecule has 1 aromatic heterocycles. The summed E-state index contributed by atoms with van der Waals surface area (Å²) in [5.41, 5.74) is 3.75. The Bertz CT molecular complexity index is 1180. The van der Waals surface area contributed by atoms with Gasteiger partial charge in [0.1, 0.15) is 0 Å². The number of rotatable bonds is 9. The van der Waals surface area contributed by atoms with Crippen LogP contribution in [0.5, 0.6) is 0 Å². The summed E-state index contributed by atoms with van der Waals surface area (Å²) >= 11 is 0. The molecule has 198 valence electrons. The summed E-state index contributed by atoms with van der Waals surface area (Å²) in [6.07, 6.45) is 5.81. The number of aryl methyl sites for hydroxylation is 1. The topological polar surface area (TPSA) is 65.5 Å². The van der Waals surface area contributed by atoms with E-state index in [0.29, 0.717) is 12.1 Å². The molecule has 1 saturated heterocycles. The molecule has 0 unspecified atom stereocenters. The Kier molecular flexibility index (Phi) is 9.69. The fourth-order valence-electron chi connectivity index (χ4n) is 4.28. The monoisotopic (exact) mass is 513 g/mol. The lowest BCUT2D eigenvalue weighted by molar-refractivity contribution is -0.137. The summed E-state index contributed by atoms with van der Waals surface area (Å²) < 4.78 is 39.3. The number of nitrogens with one attached hydrogen (secondary N) is 1. The number of halogens is 3. The van der Waals surface area contributed by atoms with E-state index in [0.717, 1.165) is 72.6 Å². The zero-order chi connectivity index (χ0) is 27.0. The number of amides is 1. The highest BCUT2D eigenvalue weighted by atomic mass is 19.4. The first-order chi connectivity index (χ1) is 17.6. The van der Waals surface area contributed by atoms with Gasteiger partial charge in [-0.25, -0.2) is 0 Å². The number of hydrogen-bond acceptors (Lipinski definition) is 4. The predicted octanol–water partition coefficient (Wildman–Crippen LogP) is 6.76. The van der Waals surface area contributed by atoms with Gasteiger partial charge in [-0.05, 0) is 81.9 Å². The third-order valence-corrected chi connectivity index (χ3v) is 6.32. The number of nitrogens with zero attached hydrogens (tertiary/aromatic N) is 2. The molecular weight excluding hydrogens is 479 g/mol. The number of aliphatic hydroxyl groups is 1. The molecule has 5 nitrogen and oxygen atoms in total. The van der Waals surface area contributed by atoms with Crippen LogP contribution < -0.4 is 5.32 Å². The maximum atomic E-state index is 13.1. The van der Waals surface area contributed by atoms with Gasteiger partial charge in [0.15, 0.2) is 0 Å². The molecule has 2 aromatic rings. The van der Waals surface area contributed by atoms with E-state index >= 15 is 0 Å². The number of piperidine rings is 1.